The number of carbonyl (C=O) groups is 1. The molecule has 1 fully saturated rings. The standard InChI is InChI=1S/C20H32N4O/c1-3-5-11-21-16-9-10-18-17(15-16)19(22-24(18)12-4-2)20(25)23-13-7-6-8-14-23/h4,16,21H,2-3,5-15H2,1H3. The van der Waals surface area contributed by atoms with Crippen molar-refractivity contribution in [1.82, 2.24) is 20.0 Å². The maximum absolute atomic E-state index is 13.1. The van der Waals surface area contributed by atoms with Gasteiger partial charge in [-0.05, 0) is 51.5 Å². The first-order chi connectivity index (χ1) is 12.2. The fourth-order valence-electron chi connectivity index (χ4n) is 4.04. The highest BCUT2D eigenvalue weighted by molar-refractivity contribution is 5.94. The molecule has 2 aliphatic rings. The van der Waals surface area contributed by atoms with Gasteiger partial charge in [-0.3, -0.25) is 9.48 Å². The van der Waals surface area contributed by atoms with E-state index in [4.69, 9.17) is 5.10 Å². The van der Waals surface area contributed by atoms with Gasteiger partial charge in [0.15, 0.2) is 5.69 Å². The van der Waals surface area contributed by atoms with Crippen LogP contribution in [0.15, 0.2) is 12.7 Å². The number of aromatic nitrogens is 2. The zero-order chi connectivity index (χ0) is 17.6. The Morgan fingerprint density at radius 1 is 1.36 bits per heavy atom. The van der Waals surface area contributed by atoms with Gasteiger partial charge in [-0.2, -0.15) is 5.10 Å². The van der Waals surface area contributed by atoms with Gasteiger partial charge in [0.25, 0.3) is 5.91 Å². The Labute approximate surface area is 151 Å². The SMILES string of the molecule is C=CCn1nc(C(=O)N2CCCCC2)c2c1CCC(NCCCC)C2. The van der Waals surface area contributed by atoms with Crippen molar-refractivity contribution in [3.05, 3.63) is 29.6 Å². The number of allylic oxidation sites excluding steroid dienone is 1. The fraction of sp³-hybridized carbons (Fsp3) is 0.700. The van der Waals surface area contributed by atoms with Crippen LogP contribution >= 0.6 is 0 Å². The molecule has 0 radical (unpaired) electrons. The van der Waals surface area contributed by atoms with Crippen LogP contribution in [-0.2, 0) is 19.4 Å². The molecule has 0 aromatic carbocycles. The van der Waals surface area contributed by atoms with E-state index in [-0.39, 0.29) is 5.91 Å². The van der Waals surface area contributed by atoms with E-state index in [0.717, 1.165) is 51.7 Å². The number of fused-ring (bicyclic) bond motifs is 1. The van der Waals surface area contributed by atoms with E-state index in [1.165, 1.54) is 30.5 Å². The summed E-state index contributed by atoms with van der Waals surface area (Å²) >= 11 is 0. The van der Waals surface area contributed by atoms with E-state index < -0.39 is 0 Å². The average Bonchev–Trinajstić information content (AvgIpc) is 3.00. The van der Waals surface area contributed by atoms with Gasteiger partial charge in [0.05, 0.1) is 6.54 Å². The Hall–Kier alpha value is -1.62. The average molecular weight is 345 g/mol. The number of piperidine rings is 1. The summed E-state index contributed by atoms with van der Waals surface area (Å²) in [6.45, 7) is 9.56. The van der Waals surface area contributed by atoms with Crippen molar-refractivity contribution >= 4 is 5.91 Å². The van der Waals surface area contributed by atoms with Gasteiger partial charge in [-0.1, -0.05) is 19.4 Å². The van der Waals surface area contributed by atoms with E-state index >= 15 is 0 Å². The number of rotatable bonds is 7. The highest BCUT2D eigenvalue weighted by Gasteiger charge is 2.31. The highest BCUT2D eigenvalue weighted by atomic mass is 16.2. The smallest absolute Gasteiger partial charge is 0.274 e. The second kappa shape index (κ2) is 8.65. The van der Waals surface area contributed by atoms with E-state index in [2.05, 4.69) is 18.8 Å². The molecule has 1 atom stereocenters. The van der Waals surface area contributed by atoms with Crippen LogP contribution in [0.5, 0.6) is 0 Å². The molecular weight excluding hydrogens is 312 g/mol. The van der Waals surface area contributed by atoms with Gasteiger partial charge in [0, 0.05) is 30.4 Å². The third-order valence-electron chi connectivity index (χ3n) is 5.46. The zero-order valence-corrected chi connectivity index (χ0v) is 15.6. The van der Waals surface area contributed by atoms with E-state index in [1.807, 2.05) is 15.7 Å². The number of unbranched alkanes of at least 4 members (excludes halogenated alkanes) is 1. The molecule has 1 saturated heterocycles. The normalized spacial score (nSPS) is 20.4. The van der Waals surface area contributed by atoms with Crippen molar-refractivity contribution < 1.29 is 4.79 Å². The number of hydrogen-bond acceptors (Lipinski definition) is 3. The molecule has 5 nitrogen and oxygen atoms in total. The Morgan fingerprint density at radius 2 is 2.16 bits per heavy atom. The highest BCUT2D eigenvalue weighted by Crippen LogP contribution is 2.27. The van der Waals surface area contributed by atoms with Crippen LogP contribution in [0.2, 0.25) is 0 Å². The largest absolute Gasteiger partial charge is 0.337 e. The van der Waals surface area contributed by atoms with Crippen LogP contribution in [0.1, 0.15) is 67.2 Å². The molecule has 0 saturated carbocycles. The molecule has 25 heavy (non-hydrogen) atoms. The minimum atomic E-state index is 0.132. The molecule has 0 bridgehead atoms. The molecule has 1 unspecified atom stereocenters. The molecule has 138 valence electrons. The third-order valence-corrected chi connectivity index (χ3v) is 5.46. The first-order valence-electron chi connectivity index (χ1n) is 9.96. The van der Waals surface area contributed by atoms with Crippen molar-refractivity contribution in [3.8, 4) is 0 Å². The van der Waals surface area contributed by atoms with Gasteiger partial charge >= 0.3 is 0 Å². The Kier molecular flexibility index (Phi) is 6.29. The Bertz CT molecular complexity index is 601. The monoisotopic (exact) mass is 344 g/mol. The lowest BCUT2D eigenvalue weighted by Gasteiger charge is -2.27. The van der Waals surface area contributed by atoms with E-state index in [0.29, 0.717) is 18.3 Å². The number of carbonyl (C=O) groups excluding carboxylic acids is 1. The summed E-state index contributed by atoms with van der Waals surface area (Å²) in [5, 5.41) is 8.38. The number of hydrogen-bond donors (Lipinski definition) is 1. The zero-order valence-electron chi connectivity index (χ0n) is 15.6. The summed E-state index contributed by atoms with van der Waals surface area (Å²) in [6, 6.07) is 0.466. The first-order valence-corrected chi connectivity index (χ1v) is 9.96. The number of likely N-dealkylation sites (tertiary alicyclic amines) is 1. The lowest BCUT2D eigenvalue weighted by molar-refractivity contribution is 0.0716. The van der Waals surface area contributed by atoms with Crippen LogP contribution in [0.25, 0.3) is 0 Å². The van der Waals surface area contributed by atoms with Crippen LogP contribution in [0.4, 0.5) is 0 Å². The van der Waals surface area contributed by atoms with Crippen LogP contribution in [0, 0.1) is 0 Å². The van der Waals surface area contributed by atoms with Crippen LogP contribution in [0.3, 0.4) is 0 Å². The first kappa shape index (κ1) is 18.2. The van der Waals surface area contributed by atoms with Crippen molar-refractivity contribution in [2.24, 2.45) is 0 Å². The second-order valence-electron chi connectivity index (χ2n) is 7.34. The molecular formula is C20H32N4O. The number of nitrogens with one attached hydrogen (secondary N) is 1. The van der Waals surface area contributed by atoms with Crippen molar-refractivity contribution in [3.63, 3.8) is 0 Å². The minimum absolute atomic E-state index is 0.132. The maximum Gasteiger partial charge on any atom is 0.274 e. The lowest BCUT2D eigenvalue weighted by Crippen LogP contribution is -2.38. The molecule has 1 amide bonds. The van der Waals surface area contributed by atoms with Gasteiger partial charge in [-0.15, -0.1) is 6.58 Å². The molecule has 3 rings (SSSR count). The molecule has 1 N–H and O–H groups in total. The molecule has 5 heteroatoms. The van der Waals surface area contributed by atoms with Crippen LogP contribution < -0.4 is 5.32 Å². The molecule has 0 spiro atoms. The molecule has 1 aromatic heterocycles. The fourth-order valence-corrected chi connectivity index (χ4v) is 4.04. The topological polar surface area (TPSA) is 50.2 Å². The molecule has 2 heterocycles. The van der Waals surface area contributed by atoms with Crippen molar-refractivity contribution in [2.45, 2.75) is 70.9 Å². The van der Waals surface area contributed by atoms with Gasteiger partial charge in [-0.25, -0.2) is 0 Å². The summed E-state index contributed by atoms with van der Waals surface area (Å²) < 4.78 is 2.00. The predicted octanol–water partition coefficient (Wildman–Crippen LogP) is 2.94. The predicted molar refractivity (Wildman–Crippen MR) is 101 cm³/mol. The summed E-state index contributed by atoms with van der Waals surface area (Å²) in [4.78, 5) is 15.1. The van der Waals surface area contributed by atoms with Gasteiger partial charge in [0.2, 0.25) is 0 Å². The summed E-state index contributed by atoms with van der Waals surface area (Å²) in [6.07, 6.45) is 10.8. The van der Waals surface area contributed by atoms with Crippen molar-refractivity contribution in [2.75, 3.05) is 19.6 Å². The van der Waals surface area contributed by atoms with Crippen LogP contribution in [-0.4, -0.2) is 46.3 Å². The van der Waals surface area contributed by atoms with E-state index in [9.17, 15) is 4.79 Å². The number of amides is 1. The van der Waals surface area contributed by atoms with E-state index in [1.54, 1.807) is 0 Å². The van der Waals surface area contributed by atoms with Gasteiger partial charge < -0.3 is 10.2 Å². The summed E-state index contributed by atoms with van der Waals surface area (Å²) in [7, 11) is 0. The Balaban J connectivity index is 1.80. The lowest BCUT2D eigenvalue weighted by atomic mass is 9.90. The minimum Gasteiger partial charge on any atom is -0.337 e. The summed E-state index contributed by atoms with van der Waals surface area (Å²) in [5.74, 6) is 0.132. The molecule has 1 aliphatic carbocycles. The quantitative estimate of drug-likeness (QED) is 0.611. The molecule has 1 aliphatic heterocycles. The third kappa shape index (κ3) is 4.14. The maximum atomic E-state index is 13.1. The molecule has 1 aromatic rings. The second-order valence-corrected chi connectivity index (χ2v) is 7.34. The number of nitrogens with zero attached hydrogens (tertiary/aromatic N) is 3. The van der Waals surface area contributed by atoms with Gasteiger partial charge in [0.1, 0.15) is 0 Å². The summed E-state index contributed by atoms with van der Waals surface area (Å²) in [5.41, 5.74) is 3.12. The van der Waals surface area contributed by atoms with Crippen molar-refractivity contribution in [1.29, 1.82) is 0 Å². The Morgan fingerprint density at radius 3 is 2.88 bits per heavy atom.